The first-order valence-corrected chi connectivity index (χ1v) is 7.52. The molecule has 1 fully saturated rings. The molecular weight excluding hydrogens is 308 g/mol. The van der Waals surface area contributed by atoms with Crippen LogP contribution in [0.2, 0.25) is 0 Å². The molecule has 0 amide bonds. The molecule has 0 spiro atoms. The highest BCUT2D eigenvalue weighted by molar-refractivity contribution is 7.99. The van der Waals surface area contributed by atoms with E-state index in [1.807, 2.05) is 0 Å². The third-order valence-corrected chi connectivity index (χ3v) is 3.75. The lowest BCUT2D eigenvalue weighted by Crippen LogP contribution is -2.12. The van der Waals surface area contributed by atoms with Gasteiger partial charge < -0.3 is 15.8 Å². The van der Waals surface area contributed by atoms with Gasteiger partial charge in [-0.15, -0.1) is 10.2 Å². The maximum absolute atomic E-state index is 11.2. The quantitative estimate of drug-likeness (QED) is 0.547. The molecule has 3 N–H and O–H groups in total. The van der Waals surface area contributed by atoms with Crippen molar-refractivity contribution in [2.24, 2.45) is 0 Å². The van der Waals surface area contributed by atoms with Gasteiger partial charge in [-0.05, 0) is 12.8 Å². The van der Waals surface area contributed by atoms with Gasteiger partial charge in [0, 0.05) is 6.04 Å². The number of nitrogens with one attached hydrogen (secondary N) is 1. The third kappa shape index (κ3) is 3.42. The van der Waals surface area contributed by atoms with Crippen molar-refractivity contribution in [2.45, 2.75) is 24.0 Å². The van der Waals surface area contributed by atoms with E-state index in [0.29, 0.717) is 23.1 Å². The molecule has 1 saturated carbocycles. The number of nitrogens with two attached hydrogens (primary N) is 1. The number of carbonyl (C=O) groups is 1. The zero-order valence-corrected chi connectivity index (χ0v) is 12.6. The van der Waals surface area contributed by atoms with Crippen LogP contribution in [0.5, 0.6) is 0 Å². The van der Waals surface area contributed by atoms with Gasteiger partial charge in [0.2, 0.25) is 17.8 Å². The highest BCUT2D eigenvalue weighted by Crippen LogP contribution is 2.24. The van der Waals surface area contributed by atoms with Crippen LogP contribution >= 0.6 is 11.8 Å². The number of hydrogen-bond donors (Lipinski definition) is 2. The maximum atomic E-state index is 11.2. The molecule has 0 aliphatic heterocycles. The van der Waals surface area contributed by atoms with Crippen LogP contribution in [0, 0.1) is 0 Å². The molecule has 0 bridgehead atoms. The lowest BCUT2D eigenvalue weighted by molar-refractivity contribution is -0.137. The van der Waals surface area contributed by atoms with Crippen molar-refractivity contribution < 1.29 is 9.53 Å². The lowest BCUT2D eigenvalue weighted by Gasteiger charge is -2.07. The van der Waals surface area contributed by atoms with Crippen molar-refractivity contribution in [2.75, 3.05) is 23.9 Å². The summed E-state index contributed by atoms with van der Waals surface area (Å²) in [5.41, 5.74) is 5.72. The summed E-state index contributed by atoms with van der Waals surface area (Å²) in [6.45, 7) is 0. The number of esters is 1. The SMILES string of the molecule is COC(=O)CSc1nncn1-c1nc(N)nc(NC2CC2)n1. The summed E-state index contributed by atoms with van der Waals surface area (Å²) >= 11 is 1.17. The minimum Gasteiger partial charge on any atom is -0.468 e. The van der Waals surface area contributed by atoms with Gasteiger partial charge in [-0.3, -0.25) is 4.79 Å². The Balaban J connectivity index is 1.82. The molecular formula is C11H14N8O2S. The number of ether oxygens (including phenoxy) is 1. The van der Waals surface area contributed by atoms with Crippen LogP contribution in [-0.4, -0.2) is 54.6 Å². The standard InChI is InChI=1S/C11H14N8O2S/c1-21-7(20)4-22-11-18-13-5-19(11)10-16-8(12)15-9(17-10)14-6-2-3-6/h5-6H,2-4H2,1H3,(H3,12,14,15,16,17). The molecule has 0 aromatic carbocycles. The molecule has 3 rings (SSSR count). The van der Waals surface area contributed by atoms with Crippen LogP contribution in [0.25, 0.3) is 5.95 Å². The first kappa shape index (κ1) is 14.5. The summed E-state index contributed by atoms with van der Waals surface area (Å²) in [6, 6.07) is 0.392. The summed E-state index contributed by atoms with van der Waals surface area (Å²) in [5, 5.41) is 11.4. The molecule has 1 aliphatic rings. The van der Waals surface area contributed by atoms with Gasteiger partial charge in [0.15, 0.2) is 5.16 Å². The Morgan fingerprint density at radius 2 is 2.32 bits per heavy atom. The van der Waals surface area contributed by atoms with Crippen molar-refractivity contribution in [3.8, 4) is 5.95 Å². The highest BCUT2D eigenvalue weighted by Gasteiger charge is 2.23. The predicted octanol–water partition coefficient (Wildman–Crippen LogP) is -0.126. The van der Waals surface area contributed by atoms with Crippen molar-refractivity contribution in [3.63, 3.8) is 0 Å². The Hall–Kier alpha value is -2.43. The Labute approximate surface area is 129 Å². The van der Waals surface area contributed by atoms with Crippen molar-refractivity contribution >= 4 is 29.6 Å². The summed E-state index contributed by atoms with van der Waals surface area (Å²) in [5.74, 6) is 0.579. The van der Waals surface area contributed by atoms with Gasteiger partial charge >= 0.3 is 5.97 Å². The number of rotatable bonds is 6. The minimum absolute atomic E-state index is 0.103. The van der Waals surface area contributed by atoms with Gasteiger partial charge in [-0.2, -0.15) is 15.0 Å². The van der Waals surface area contributed by atoms with E-state index in [-0.39, 0.29) is 17.7 Å². The van der Waals surface area contributed by atoms with Gasteiger partial charge in [0.05, 0.1) is 12.9 Å². The molecule has 2 heterocycles. The van der Waals surface area contributed by atoms with E-state index in [1.54, 1.807) is 4.57 Å². The molecule has 0 radical (unpaired) electrons. The number of anilines is 2. The molecule has 2 aromatic rings. The Morgan fingerprint density at radius 3 is 3.05 bits per heavy atom. The van der Waals surface area contributed by atoms with Crippen LogP contribution in [0.15, 0.2) is 11.5 Å². The smallest absolute Gasteiger partial charge is 0.316 e. The average Bonchev–Trinajstić information content (AvgIpc) is 3.17. The van der Waals surface area contributed by atoms with Crippen LogP contribution in [0.4, 0.5) is 11.9 Å². The zero-order valence-electron chi connectivity index (χ0n) is 11.8. The average molecular weight is 322 g/mol. The first-order valence-electron chi connectivity index (χ1n) is 6.54. The van der Waals surface area contributed by atoms with E-state index in [4.69, 9.17) is 5.73 Å². The van der Waals surface area contributed by atoms with Crippen LogP contribution in [0.1, 0.15) is 12.8 Å². The van der Waals surface area contributed by atoms with Crippen LogP contribution in [0.3, 0.4) is 0 Å². The predicted molar refractivity (Wildman–Crippen MR) is 78.5 cm³/mol. The van der Waals surface area contributed by atoms with E-state index in [2.05, 4.69) is 35.2 Å². The molecule has 2 aromatic heterocycles. The molecule has 0 unspecified atom stereocenters. The summed E-state index contributed by atoms with van der Waals surface area (Å²) < 4.78 is 6.14. The second-order valence-corrected chi connectivity index (χ2v) is 5.53. The number of hydrogen-bond acceptors (Lipinski definition) is 10. The number of thioether (sulfide) groups is 1. The molecule has 11 heteroatoms. The number of nitrogen functional groups attached to an aromatic ring is 1. The number of methoxy groups -OCH3 is 1. The van der Waals surface area contributed by atoms with E-state index in [0.717, 1.165) is 12.8 Å². The molecule has 22 heavy (non-hydrogen) atoms. The number of carbonyl (C=O) groups excluding carboxylic acids is 1. The number of aromatic nitrogens is 6. The number of nitrogens with zero attached hydrogens (tertiary/aromatic N) is 6. The monoisotopic (exact) mass is 322 g/mol. The topological polar surface area (TPSA) is 134 Å². The third-order valence-electron chi connectivity index (χ3n) is 2.83. The fourth-order valence-electron chi connectivity index (χ4n) is 1.61. The lowest BCUT2D eigenvalue weighted by atomic mass is 10.7. The Morgan fingerprint density at radius 1 is 1.50 bits per heavy atom. The maximum Gasteiger partial charge on any atom is 0.316 e. The summed E-state index contributed by atoms with van der Waals surface area (Å²) in [7, 11) is 1.33. The highest BCUT2D eigenvalue weighted by atomic mass is 32.2. The minimum atomic E-state index is -0.356. The normalized spacial score (nSPS) is 13.9. The molecule has 10 nitrogen and oxygen atoms in total. The molecule has 0 saturated heterocycles. The van der Waals surface area contributed by atoms with E-state index in [9.17, 15) is 4.79 Å². The van der Waals surface area contributed by atoms with E-state index in [1.165, 1.54) is 25.2 Å². The molecule has 116 valence electrons. The molecule has 1 aliphatic carbocycles. The van der Waals surface area contributed by atoms with Gasteiger partial charge in [-0.1, -0.05) is 11.8 Å². The second kappa shape index (κ2) is 6.13. The first-order chi connectivity index (χ1) is 10.7. The van der Waals surface area contributed by atoms with Crippen LogP contribution < -0.4 is 11.1 Å². The zero-order chi connectivity index (χ0) is 15.5. The van der Waals surface area contributed by atoms with Crippen molar-refractivity contribution in [1.82, 2.24) is 29.7 Å². The Bertz CT molecular complexity index is 686. The summed E-state index contributed by atoms with van der Waals surface area (Å²) in [4.78, 5) is 23.7. The second-order valence-electron chi connectivity index (χ2n) is 4.58. The fourth-order valence-corrected chi connectivity index (χ4v) is 2.34. The fraction of sp³-hybridized carbons (Fsp3) is 0.455. The van der Waals surface area contributed by atoms with Crippen LogP contribution in [-0.2, 0) is 9.53 Å². The van der Waals surface area contributed by atoms with E-state index < -0.39 is 0 Å². The van der Waals surface area contributed by atoms with Crippen molar-refractivity contribution in [3.05, 3.63) is 6.33 Å². The van der Waals surface area contributed by atoms with Gasteiger partial charge in [0.25, 0.3) is 0 Å². The van der Waals surface area contributed by atoms with Crippen molar-refractivity contribution in [1.29, 1.82) is 0 Å². The summed E-state index contributed by atoms with van der Waals surface area (Å²) in [6.07, 6.45) is 3.64. The van der Waals surface area contributed by atoms with E-state index >= 15 is 0 Å². The Kier molecular flexibility index (Phi) is 4.04. The largest absolute Gasteiger partial charge is 0.468 e. The van der Waals surface area contributed by atoms with Gasteiger partial charge in [0.1, 0.15) is 6.33 Å². The van der Waals surface area contributed by atoms with Gasteiger partial charge in [-0.25, -0.2) is 4.57 Å². The molecule has 0 atom stereocenters.